The Morgan fingerprint density at radius 1 is 1.37 bits per heavy atom. The van der Waals surface area contributed by atoms with Gasteiger partial charge in [0.15, 0.2) is 0 Å². The molecule has 0 radical (unpaired) electrons. The molecule has 0 saturated heterocycles. The summed E-state index contributed by atoms with van der Waals surface area (Å²) in [4.78, 5) is 7.04. The minimum absolute atomic E-state index is 0.767. The van der Waals surface area contributed by atoms with E-state index < -0.39 is 0 Å². The Balaban J connectivity index is 1.50. The molecule has 1 aliphatic carbocycles. The molecule has 3 rings (SSSR count). The second-order valence-corrected chi connectivity index (χ2v) is 5.85. The number of hydrogen-bond donors (Lipinski definition) is 1. The topological polar surface area (TPSA) is 28.2 Å². The molecule has 0 atom stereocenters. The molecule has 0 aromatic carbocycles. The van der Waals surface area contributed by atoms with Gasteiger partial charge in [0, 0.05) is 38.4 Å². The molecule has 3 heteroatoms. The molecule has 1 aliphatic heterocycles. The third-order valence-electron chi connectivity index (χ3n) is 3.96. The lowest BCUT2D eigenvalue weighted by molar-refractivity contribution is 0.282. The summed E-state index contributed by atoms with van der Waals surface area (Å²) in [6, 6.07) is 5.15. The summed E-state index contributed by atoms with van der Waals surface area (Å²) >= 11 is 0. The molecule has 19 heavy (non-hydrogen) atoms. The molecule has 1 N–H and O–H groups in total. The van der Waals surface area contributed by atoms with Crippen molar-refractivity contribution in [2.75, 3.05) is 13.1 Å². The zero-order chi connectivity index (χ0) is 13.1. The molecule has 3 nitrogen and oxygen atoms in total. The zero-order valence-corrected chi connectivity index (χ0v) is 11.7. The van der Waals surface area contributed by atoms with Gasteiger partial charge in [0.2, 0.25) is 0 Å². The molecule has 1 fully saturated rings. The summed E-state index contributed by atoms with van der Waals surface area (Å²) in [5.74, 6) is 0. The van der Waals surface area contributed by atoms with E-state index in [9.17, 15) is 0 Å². The summed E-state index contributed by atoms with van der Waals surface area (Å²) < 4.78 is 0. The first-order valence-corrected chi connectivity index (χ1v) is 7.35. The van der Waals surface area contributed by atoms with Gasteiger partial charge in [-0.05, 0) is 37.8 Å². The fourth-order valence-electron chi connectivity index (χ4n) is 2.39. The molecule has 1 saturated carbocycles. The summed E-state index contributed by atoms with van der Waals surface area (Å²) in [6.45, 7) is 6.38. The highest BCUT2D eigenvalue weighted by Gasteiger charge is 2.19. The summed E-state index contributed by atoms with van der Waals surface area (Å²) in [6.07, 6.45) is 8.23. The Bertz CT molecular complexity index is 446. The van der Waals surface area contributed by atoms with Crippen molar-refractivity contribution in [3.8, 4) is 0 Å². The number of rotatable bonds is 5. The van der Waals surface area contributed by atoms with Gasteiger partial charge in [0.1, 0.15) is 0 Å². The van der Waals surface area contributed by atoms with E-state index in [2.05, 4.69) is 40.3 Å². The van der Waals surface area contributed by atoms with Crippen molar-refractivity contribution in [1.82, 2.24) is 15.2 Å². The quantitative estimate of drug-likeness (QED) is 0.821. The van der Waals surface area contributed by atoms with Crippen molar-refractivity contribution < 1.29 is 0 Å². The van der Waals surface area contributed by atoms with Crippen LogP contribution in [0.15, 0.2) is 30.0 Å². The maximum absolute atomic E-state index is 4.59. The molecular formula is C16H23N3. The van der Waals surface area contributed by atoms with Crippen LogP contribution in [0.2, 0.25) is 0 Å². The maximum Gasteiger partial charge on any atom is 0.0544 e. The first-order valence-electron chi connectivity index (χ1n) is 7.35. The van der Waals surface area contributed by atoms with Crippen LogP contribution in [0.25, 0.3) is 0 Å². The molecule has 102 valence electrons. The number of nitrogens with one attached hydrogen (secondary N) is 1. The summed E-state index contributed by atoms with van der Waals surface area (Å²) in [5, 5.41) is 3.52. The standard InChI is InChI=1S/C16H23N3/c1-13-6-8-19(9-7-13)12-16-3-2-14(11-18-16)10-17-15-4-5-15/h2-3,6,11,15,17H,4-5,7-10,12H2,1H3. The second-order valence-electron chi connectivity index (χ2n) is 5.85. The molecule has 2 aliphatic rings. The van der Waals surface area contributed by atoms with E-state index in [0.717, 1.165) is 32.2 Å². The van der Waals surface area contributed by atoms with E-state index in [1.807, 2.05) is 6.20 Å². The van der Waals surface area contributed by atoms with Gasteiger partial charge in [-0.25, -0.2) is 0 Å². The van der Waals surface area contributed by atoms with E-state index >= 15 is 0 Å². The first-order chi connectivity index (χ1) is 9.29. The van der Waals surface area contributed by atoms with Gasteiger partial charge >= 0.3 is 0 Å². The van der Waals surface area contributed by atoms with E-state index in [1.54, 1.807) is 0 Å². The first kappa shape index (κ1) is 12.8. The molecule has 0 unspecified atom stereocenters. The smallest absolute Gasteiger partial charge is 0.0544 e. The van der Waals surface area contributed by atoms with Crippen LogP contribution in [0.3, 0.4) is 0 Å². The van der Waals surface area contributed by atoms with E-state index in [-0.39, 0.29) is 0 Å². The van der Waals surface area contributed by atoms with Gasteiger partial charge < -0.3 is 5.32 Å². The predicted octanol–water partition coefficient (Wildman–Crippen LogP) is 2.49. The number of pyridine rings is 1. The van der Waals surface area contributed by atoms with Crippen LogP contribution in [0, 0.1) is 0 Å². The van der Waals surface area contributed by atoms with Crippen molar-refractivity contribution in [1.29, 1.82) is 0 Å². The lowest BCUT2D eigenvalue weighted by atomic mass is 10.1. The summed E-state index contributed by atoms with van der Waals surface area (Å²) in [7, 11) is 0. The molecule has 0 bridgehead atoms. The number of hydrogen-bond acceptors (Lipinski definition) is 3. The van der Waals surface area contributed by atoms with Crippen LogP contribution in [-0.4, -0.2) is 29.0 Å². The van der Waals surface area contributed by atoms with Crippen LogP contribution < -0.4 is 5.32 Å². The average Bonchev–Trinajstić information content (AvgIpc) is 3.25. The van der Waals surface area contributed by atoms with Crippen molar-refractivity contribution >= 4 is 0 Å². The van der Waals surface area contributed by atoms with Gasteiger partial charge in [-0.2, -0.15) is 0 Å². The van der Waals surface area contributed by atoms with E-state index in [0.29, 0.717) is 0 Å². The average molecular weight is 257 g/mol. The Hall–Kier alpha value is -1.19. The second kappa shape index (κ2) is 5.85. The summed E-state index contributed by atoms with van der Waals surface area (Å²) in [5.41, 5.74) is 4.00. The highest BCUT2D eigenvalue weighted by Crippen LogP contribution is 2.19. The predicted molar refractivity (Wildman–Crippen MR) is 77.7 cm³/mol. The van der Waals surface area contributed by atoms with Crippen LogP contribution >= 0.6 is 0 Å². The van der Waals surface area contributed by atoms with Gasteiger partial charge in [-0.15, -0.1) is 0 Å². The van der Waals surface area contributed by atoms with Gasteiger partial charge in [0.25, 0.3) is 0 Å². The van der Waals surface area contributed by atoms with Gasteiger partial charge in [-0.1, -0.05) is 17.7 Å². The van der Waals surface area contributed by atoms with Crippen molar-refractivity contribution in [3.05, 3.63) is 41.2 Å². The molecule has 1 aromatic rings. The third-order valence-corrected chi connectivity index (χ3v) is 3.96. The Morgan fingerprint density at radius 2 is 2.26 bits per heavy atom. The Morgan fingerprint density at radius 3 is 2.89 bits per heavy atom. The van der Waals surface area contributed by atoms with Gasteiger partial charge in [-0.3, -0.25) is 9.88 Å². The number of nitrogens with zero attached hydrogens (tertiary/aromatic N) is 2. The monoisotopic (exact) mass is 257 g/mol. The highest BCUT2D eigenvalue weighted by molar-refractivity contribution is 5.15. The number of aromatic nitrogens is 1. The molecular weight excluding hydrogens is 234 g/mol. The normalized spacial score (nSPS) is 20.4. The molecule has 0 amide bonds. The minimum Gasteiger partial charge on any atom is -0.310 e. The highest BCUT2D eigenvalue weighted by atomic mass is 15.1. The van der Waals surface area contributed by atoms with E-state index in [4.69, 9.17) is 0 Å². The maximum atomic E-state index is 4.59. The van der Waals surface area contributed by atoms with Crippen molar-refractivity contribution in [2.24, 2.45) is 0 Å². The largest absolute Gasteiger partial charge is 0.310 e. The molecule has 1 aromatic heterocycles. The van der Waals surface area contributed by atoms with Crippen molar-refractivity contribution in [3.63, 3.8) is 0 Å². The third kappa shape index (κ3) is 3.88. The van der Waals surface area contributed by atoms with Crippen molar-refractivity contribution in [2.45, 2.75) is 45.3 Å². The zero-order valence-electron chi connectivity index (χ0n) is 11.7. The molecule has 2 heterocycles. The lowest BCUT2D eigenvalue weighted by Crippen LogP contribution is -2.28. The Labute approximate surface area is 115 Å². The lowest BCUT2D eigenvalue weighted by Gasteiger charge is -2.24. The Kier molecular flexibility index (Phi) is 3.95. The SMILES string of the molecule is CC1=CCN(Cc2ccc(CNC3CC3)cn2)CC1. The van der Waals surface area contributed by atoms with Crippen LogP contribution in [0.5, 0.6) is 0 Å². The fourth-order valence-corrected chi connectivity index (χ4v) is 2.39. The van der Waals surface area contributed by atoms with Gasteiger partial charge in [0.05, 0.1) is 5.69 Å². The van der Waals surface area contributed by atoms with Crippen LogP contribution in [0.4, 0.5) is 0 Å². The minimum atomic E-state index is 0.767. The molecule has 0 spiro atoms. The van der Waals surface area contributed by atoms with Crippen LogP contribution in [0.1, 0.15) is 37.4 Å². The van der Waals surface area contributed by atoms with Crippen LogP contribution in [-0.2, 0) is 13.1 Å². The fraction of sp³-hybridized carbons (Fsp3) is 0.562. The van der Waals surface area contributed by atoms with E-state index in [1.165, 1.54) is 36.1 Å².